The maximum atomic E-state index is 4.93. The van der Waals surface area contributed by atoms with Crippen LogP contribution in [0.2, 0.25) is 0 Å². The average molecular weight is 520 g/mol. The standard InChI is InChI=1S/C15H19.C10H9.C2H5.2ClH.Zr/c1-2-3-4-5-8-13-11-12-14-9-6-7-10-15(13)14;1-8-6-7-9-4-2-3-5-10(8)9;1-2;;;/h4,6-7,9-13H,2-3,5,8H2,1H3;2-8H,1H2;1H2,2H3;2*1H;/q3*-1;;;+2/p-2. The minimum absolute atomic E-state index is 0.371. The van der Waals surface area contributed by atoms with Gasteiger partial charge in [0.2, 0.25) is 0 Å². The van der Waals surface area contributed by atoms with Gasteiger partial charge in [0.15, 0.2) is 0 Å². The second-order valence-electron chi connectivity index (χ2n) is 6.92. The quantitative estimate of drug-likeness (QED) is 0.273. The second-order valence-corrected chi connectivity index (χ2v) is 10.6. The molecule has 0 spiro atoms. The molecule has 0 saturated carbocycles. The van der Waals surface area contributed by atoms with E-state index in [1.54, 1.807) is 6.92 Å². The third-order valence-corrected chi connectivity index (χ3v) is 4.98. The molecule has 3 heteroatoms. The fourth-order valence-electron chi connectivity index (χ4n) is 3.55. The van der Waals surface area contributed by atoms with E-state index in [9.17, 15) is 0 Å². The van der Waals surface area contributed by atoms with Gasteiger partial charge in [0.25, 0.3) is 0 Å². The molecule has 0 aromatic heterocycles. The Morgan fingerprint density at radius 3 is 2.00 bits per heavy atom. The summed E-state index contributed by atoms with van der Waals surface area (Å²) < 4.78 is 0. The van der Waals surface area contributed by atoms with Crippen LogP contribution in [0.25, 0.3) is 12.2 Å². The first kappa shape index (κ1) is 27.4. The van der Waals surface area contributed by atoms with E-state index < -0.39 is 20.8 Å². The van der Waals surface area contributed by atoms with Crippen LogP contribution in [0.15, 0.2) is 60.7 Å². The van der Waals surface area contributed by atoms with E-state index in [1.807, 2.05) is 0 Å². The monoisotopic (exact) mass is 517 g/mol. The zero-order valence-corrected chi connectivity index (χ0v) is 22.1. The Hall–Kier alpha value is -0.617. The topological polar surface area (TPSA) is 0 Å². The third-order valence-electron chi connectivity index (χ3n) is 4.98. The van der Waals surface area contributed by atoms with Crippen LogP contribution in [0.5, 0.6) is 0 Å². The van der Waals surface area contributed by atoms with Crippen molar-refractivity contribution in [1.82, 2.24) is 0 Å². The van der Waals surface area contributed by atoms with Gasteiger partial charge >= 0.3 is 37.9 Å². The number of allylic oxidation sites excluding steroid dienone is 2. The Kier molecular flexibility index (Phi) is 15.5. The zero-order chi connectivity index (χ0) is 22.2. The second kappa shape index (κ2) is 17.0. The summed E-state index contributed by atoms with van der Waals surface area (Å²) in [4.78, 5) is 0. The van der Waals surface area contributed by atoms with Gasteiger partial charge in [-0.3, -0.25) is 0 Å². The van der Waals surface area contributed by atoms with E-state index in [-0.39, 0.29) is 0 Å². The van der Waals surface area contributed by atoms with Gasteiger partial charge in [0.1, 0.15) is 0 Å². The van der Waals surface area contributed by atoms with Gasteiger partial charge < -0.3 is 20.3 Å². The van der Waals surface area contributed by atoms with Crippen LogP contribution < -0.4 is 0 Å². The molecule has 2 aliphatic rings. The number of benzene rings is 2. The zero-order valence-electron chi connectivity index (χ0n) is 18.2. The summed E-state index contributed by atoms with van der Waals surface area (Å²) in [5.41, 5.74) is 5.60. The van der Waals surface area contributed by atoms with Crippen molar-refractivity contribution in [3.63, 3.8) is 0 Å². The van der Waals surface area contributed by atoms with E-state index in [4.69, 9.17) is 17.0 Å². The summed E-state index contributed by atoms with van der Waals surface area (Å²) in [7, 11) is 9.87. The molecule has 0 aliphatic heterocycles. The molecule has 0 radical (unpaired) electrons. The molecule has 30 heavy (non-hydrogen) atoms. The summed E-state index contributed by atoms with van der Waals surface area (Å²) in [5.74, 6) is 1.03. The van der Waals surface area contributed by atoms with E-state index >= 15 is 0 Å². The summed E-state index contributed by atoms with van der Waals surface area (Å²) >= 11 is -0.826. The number of fused-ring (bicyclic) bond motifs is 2. The van der Waals surface area contributed by atoms with Gasteiger partial charge in [-0.1, -0.05) is 92.1 Å². The first-order valence-corrected chi connectivity index (χ1v) is 16.9. The van der Waals surface area contributed by atoms with Crippen LogP contribution in [0.4, 0.5) is 0 Å². The Labute approximate surface area is 203 Å². The maximum absolute atomic E-state index is 4.93. The molecule has 0 amide bonds. The molecule has 0 fully saturated rings. The Balaban J connectivity index is 0.000000259. The van der Waals surface area contributed by atoms with Crippen LogP contribution >= 0.6 is 17.0 Å². The summed E-state index contributed by atoms with van der Waals surface area (Å²) in [6.07, 6.45) is 16.4. The van der Waals surface area contributed by atoms with Crippen molar-refractivity contribution >= 4 is 29.2 Å². The van der Waals surface area contributed by atoms with Crippen molar-refractivity contribution in [2.24, 2.45) is 0 Å². The van der Waals surface area contributed by atoms with Gasteiger partial charge in [-0.05, 0) is 16.7 Å². The van der Waals surface area contributed by atoms with Crippen molar-refractivity contribution in [1.29, 1.82) is 0 Å². The predicted octanol–water partition coefficient (Wildman–Crippen LogP) is 9.43. The van der Waals surface area contributed by atoms with E-state index in [0.29, 0.717) is 11.8 Å². The molecule has 2 aromatic carbocycles. The van der Waals surface area contributed by atoms with Crippen molar-refractivity contribution in [3.05, 3.63) is 103 Å². The molecule has 0 nitrogen and oxygen atoms in total. The Morgan fingerprint density at radius 2 is 1.40 bits per heavy atom. The van der Waals surface area contributed by atoms with Crippen LogP contribution in [-0.4, -0.2) is 0 Å². The van der Waals surface area contributed by atoms with Gasteiger partial charge in [-0.2, -0.15) is 19.8 Å². The van der Waals surface area contributed by atoms with Crippen LogP contribution in [0.1, 0.15) is 73.6 Å². The molecule has 0 bridgehead atoms. The third kappa shape index (κ3) is 9.25. The molecule has 2 unspecified atom stereocenters. The predicted molar refractivity (Wildman–Crippen MR) is 133 cm³/mol. The number of hydrogen-bond donors (Lipinski definition) is 0. The summed E-state index contributed by atoms with van der Waals surface area (Å²) in [6.45, 7) is 11.2. The number of unbranched alkanes of at least 4 members (excludes halogenated alkanes) is 3. The van der Waals surface area contributed by atoms with E-state index in [2.05, 4.69) is 100 Å². The summed E-state index contributed by atoms with van der Waals surface area (Å²) in [6, 6.07) is 17.1. The number of rotatable bonds is 5. The van der Waals surface area contributed by atoms with Gasteiger partial charge in [0, 0.05) is 5.92 Å². The molecule has 0 saturated heterocycles. The minimum atomic E-state index is -0.826. The molecule has 162 valence electrons. The molecule has 4 rings (SSSR count). The fourth-order valence-corrected chi connectivity index (χ4v) is 3.55. The average Bonchev–Trinajstić information content (AvgIpc) is 3.38. The Morgan fingerprint density at radius 1 is 0.867 bits per heavy atom. The molecular weight excluding hydrogens is 486 g/mol. The molecule has 2 aliphatic carbocycles. The molecule has 0 N–H and O–H groups in total. The van der Waals surface area contributed by atoms with Crippen LogP contribution in [0, 0.1) is 20.3 Å². The SMILES string of the molecule is CCC[CH-]CCC1C=Cc2ccccc21.[CH2-]C.[CH2-]C1C=Cc2ccccc21.[Cl][Zr][Cl]. The van der Waals surface area contributed by atoms with Crippen LogP contribution in [-0.2, 0) is 20.8 Å². The van der Waals surface area contributed by atoms with Crippen molar-refractivity contribution in [2.45, 2.75) is 51.4 Å². The first-order valence-electron chi connectivity index (χ1n) is 10.6. The van der Waals surface area contributed by atoms with Crippen molar-refractivity contribution in [2.75, 3.05) is 0 Å². The number of hydrogen-bond acceptors (Lipinski definition) is 0. The van der Waals surface area contributed by atoms with E-state index in [0.717, 1.165) is 0 Å². The van der Waals surface area contributed by atoms with Gasteiger partial charge in [-0.15, -0.1) is 12.0 Å². The first-order chi connectivity index (χ1) is 14.7. The normalized spacial score (nSPS) is 16.7. The van der Waals surface area contributed by atoms with Gasteiger partial charge in [0.05, 0.1) is 0 Å². The molecule has 0 heterocycles. The van der Waals surface area contributed by atoms with Crippen LogP contribution in [0.3, 0.4) is 0 Å². The molecule has 2 aromatic rings. The fraction of sp³-hybridized carbons (Fsp3) is 0.296. The summed E-state index contributed by atoms with van der Waals surface area (Å²) in [5, 5.41) is 0. The van der Waals surface area contributed by atoms with E-state index in [1.165, 1.54) is 47.9 Å². The molecule has 2 atom stereocenters. The van der Waals surface area contributed by atoms with Crippen molar-refractivity contribution in [3.8, 4) is 0 Å². The number of halogens is 2. The van der Waals surface area contributed by atoms with Gasteiger partial charge in [-0.25, -0.2) is 0 Å². The molecular formula is C27H33Cl2Zr-3. The Bertz CT molecular complexity index is 767. The van der Waals surface area contributed by atoms with Crippen molar-refractivity contribution < 1.29 is 20.8 Å².